The molecule has 1 unspecified atom stereocenters. The fourth-order valence-electron chi connectivity index (χ4n) is 3.67. The summed E-state index contributed by atoms with van der Waals surface area (Å²) in [5.74, 6) is 1.37. The average Bonchev–Trinajstić information content (AvgIpc) is 3.05. The first-order chi connectivity index (χ1) is 13.8. The van der Waals surface area contributed by atoms with Crippen molar-refractivity contribution in [3.8, 4) is 11.3 Å². The Kier molecular flexibility index (Phi) is 4.86. The maximum absolute atomic E-state index is 9.83. The second kappa shape index (κ2) is 7.23. The van der Waals surface area contributed by atoms with Crippen molar-refractivity contribution in [2.24, 2.45) is 0 Å². The molecule has 1 aromatic carbocycles. The van der Waals surface area contributed by atoms with Gasteiger partial charge in [-0.15, -0.1) is 0 Å². The van der Waals surface area contributed by atoms with E-state index in [-0.39, 0.29) is 17.1 Å². The Morgan fingerprint density at radius 2 is 2.00 bits per heavy atom. The van der Waals surface area contributed by atoms with E-state index in [0.717, 1.165) is 28.3 Å². The lowest BCUT2D eigenvalue weighted by molar-refractivity contribution is 0.218. The molecule has 0 amide bonds. The summed E-state index contributed by atoms with van der Waals surface area (Å²) in [5, 5.41) is 16.5. The molecule has 0 radical (unpaired) electrons. The number of nitrogens with zero attached hydrogens (tertiary/aromatic N) is 3. The van der Waals surface area contributed by atoms with E-state index < -0.39 is 0 Å². The van der Waals surface area contributed by atoms with Gasteiger partial charge in [0.05, 0.1) is 35.8 Å². The average molecular weight is 383 g/mol. The van der Waals surface area contributed by atoms with Crippen molar-refractivity contribution in [3.05, 3.63) is 59.9 Å². The Morgan fingerprint density at radius 3 is 2.76 bits per heavy atom. The molecule has 144 valence electrons. The quantitative estimate of drug-likeness (QED) is 0.537. The van der Waals surface area contributed by atoms with Gasteiger partial charge in [-0.3, -0.25) is 0 Å². The van der Waals surface area contributed by atoms with E-state index in [1.54, 1.807) is 6.20 Å². The highest BCUT2D eigenvalue weighted by Gasteiger charge is 2.35. The molecule has 2 aromatic heterocycles. The molecular formula is C20H24B3N5O. The van der Waals surface area contributed by atoms with Gasteiger partial charge in [-0.25, -0.2) is 15.0 Å². The molecule has 0 fully saturated rings. The summed E-state index contributed by atoms with van der Waals surface area (Å²) in [6.07, 6.45) is 3.56. The van der Waals surface area contributed by atoms with Crippen LogP contribution >= 0.6 is 0 Å². The minimum absolute atomic E-state index is 0.00680. The van der Waals surface area contributed by atoms with Crippen LogP contribution < -0.4 is 10.6 Å². The molecule has 4 rings (SSSR count). The highest BCUT2D eigenvalue weighted by atomic mass is 16.3. The molecule has 1 atom stereocenters. The van der Waals surface area contributed by atoms with E-state index in [0.29, 0.717) is 12.5 Å². The van der Waals surface area contributed by atoms with Crippen LogP contribution in [0.2, 0.25) is 0 Å². The fraction of sp³-hybridized carbons (Fsp3) is 0.250. The molecule has 0 aliphatic carbocycles. The molecule has 3 heterocycles. The molecule has 29 heavy (non-hydrogen) atoms. The highest BCUT2D eigenvalue weighted by molar-refractivity contribution is 6.59. The Labute approximate surface area is 173 Å². The van der Waals surface area contributed by atoms with Crippen molar-refractivity contribution >= 4 is 41.0 Å². The smallest absolute Gasteiger partial charge is 0.227 e. The van der Waals surface area contributed by atoms with E-state index >= 15 is 0 Å². The van der Waals surface area contributed by atoms with Crippen LogP contribution in [0.4, 0.5) is 17.5 Å². The van der Waals surface area contributed by atoms with Crippen LogP contribution in [-0.4, -0.2) is 56.7 Å². The van der Waals surface area contributed by atoms with Crippen LogP contribution in [0.3, 0.4) is 0 Å². The number of aliphatic hydroxyl groups is 1. The molecule has 9 heteroatoms. The summed E-state index contributed by atoms with van der Waals surface area (Å²) in [4.78, 5) is 13.7. The summed E-state index contributed by atoms with van der Waals surface area (Å²) in [5.41, 5.74) is 4.58. The lowest BCUT2D eigenvalue weighted by Gasteiger charge is -2.23. The normalized spacial score (nSPS) is 18.1. The molecule has 0 saturated heterocycles. The molecule has 0 saturated carbocycles. The number of aromatic nitrogens is 3. The largest absolute Gasteiger partial charge is 0.395 e. The Bertz CT molecular complexity index is 1060. The first-order valence-corrected chi connectivity index (χ1v) is 9.85. The summed E-state index contributed by atoms with van der Waals surface area (Å²) in [6.45, 7) is 2.78. The van der Waals surface area contributed by atoms with Crippen LogP contribution in [0.1, 0.15) is 18.1 Å². The number of anilines is 3. The SMILES string of the molecule is BC(B)(B)c1ccccc1Nc1nccc(-c2cnc3c(c2)C(C)(CO)CN3)n1. The standard InChI is InChI=1S/C20H24B3N5O/c1-19(11-29)10-26-17-14(19)8-12(9-25-17)15-6-7-24-18(27-15)28-16-5-3-2-4-13(16)20(21,22)23/h2-9,29H,10-11,21-23H2,1H3,(H,25,26)(H,24,27,28). The van der Waals surface area contributed by atoms with Crippen molar-refractivity contribution in [3.63, 3.8) is 0 Å². The molecule has 1 aliphatic heterocycles. The van der Waals surface area contributed by atoms with Crippen molar-refractivity contribution in [2.75, 3.05) is 23.8 Å². The van der Waals surface area contributed by atoms with Crippen LogP contribution in [0.25, 0.3) is 11.3 Å². The molecular weight excluding hydrogens is 359 g/mol. The zero-order valence-corrected chi connectivity index (χ0v) is 17.3. The summed E-state index contributed by atoms with van der Waals surface area (Å²) >= 11 is 0. The van der Waals surface area contributed by atoms with Gasteiger partial charge in [-0.1, -0.05) is 30.2 Å². The monoisotopic (exact) mass is 383 g/mol. The van der Waals surface area contributed by atoms with Gasteiger partial charge in [0.15, 0.2) is 0 Å². The molecule has 3 N–H and O–H groups in total. The number of fused-ring (bicyclic) bond motifs is 1. The second-order valence-electron chi connectivity index (χ2n) is 8.88. The molecule has 1 aliphatic rings. The summed E-state index contributed by atoms with van der Waals surface area (Å²) in [6, 6.07) is 12.2. The minimum atomic E-state index is -0.335. The number of para-hydroxylation sites is 1. The fourth-order valence-corrected chi connectivity index (χ4v) is 3.67. The third-order valence-electron chi connectivity index (χ3n) is 5.47. The van der Waals surface area contributed by atoms with Gasteiger partial charge in [-0.05, 0) is 23.8 Å². The van der Waals surface area contributed by atoms with Gasteiger partial charge in [0.1, 0.15) is 5.82 Å². The Balaban J connectivity index is 1.67. The highest BCUT2D eigenvalue weighted by Crippen LogP contribution is 2.37. The van der Waals surface area contributed by atoms with Gasteiger partial charge < -0.3 is 15.7 Å². The van der Waals surface area contributed by atoms with E-state index in [1.165, 1.54) is 5.56 Å². The number of rotatable bonds is 5. The number of hydrogen-bond donors (Lipinski definition) is 3. The minimum Gasteiger partial charge on any atom is -0.395 e. The maximum Gasteiger partial charge on any atom is 0.227 e. The molecule has 0 bridgehead atoms. The van der Waals surface area contributed by atoms with Gasteiger partial charge >= 0.3 is 0 Å². The maximum atomic E-state index is 9.83. The first kappa shape index (κ1) is 19.5. The number of hydrogen-bond acceptors (Lipinski definition) is 6. The van der Waals surface area contributed by atoms with Gasteiger partial charge in [0.25, 0.3) is 0 Å². The van der Waals surface area contributed by atoms with E-state index in [2.05, 4.69) is 56.3 Å². The zero-order valence-electron chi connectivity index (χ0n) is 17.3. The third-order valence-corrected chi connectivity index (χ3v) is 5.47. The number of pyridine rings is 1. The molecule has 6 nitrogen and oxygen atoms in total. The van der Waals surface area contributed by atoms with Crippen molar-refractivity contribution in [1.29, 1.82) is 0 Å². The second-order valence-corrected chi connectivity index (χ2v) is 8.88. The Hall–Kier alpha value is -2.80. The van der Waals surface area contributed by atoms with Gasteiger partial charge in [-0.2, -0.15) is 0 Å². The lowest BCUT2D eigenvalue weighted by atomic mass is 9.40. The molecule has 0 spiro atoms. The number of nitrogens with one attached hydrogen (secondary N) is 2. The predicted molar refractivity (Wildman–Crippen MR) is 125 cm³/mol. The van der Waals surface area contributed by atoms with Crippen molar-refractivity contribution in [2.45, 2.75) is 17.5 Å². The van der Waals surface area contributed by atoms with E-state index in [1.807, 2.05) is 37.4 Å². The topological polar surface area (TPSA) is 83.0 Å². The summed E-state index contributed by atoms with van der Waals surface area (Å²) in [7, 11) is 6.56. The number of aliphatic hydroxyl groups excluding tert-OH is 1. The zero-order chi connectivity index (χ0) is 20.6. The van der Waals surface area contributed by atoms with E-state index in [9.17, 15) is 5.11 Å². The predicted octanol–water partition coefficient (Wildman–Crippen LogP) is -0.0327. The van der Waals surface area contributed by atoms with Crippen LogP contribution in [0, 0.1) is 0 Å². The first-order valence-electron chi connectivity index (χ1n) is 9.85. The van der Waals surface area contributed by atoms with Crippen LogP contribution in [-0.2, 0) is 10.5 Å². The molecule has 3 aromatic rings. The lowest BCUT2D eigenvalue weighted by Crippen LogP contribution is -2.28. The third kappa shape index (κ3) is 3.74. The van der Waals surface area contributed by atoms with Crippen LogP contribution in [0.15, 0.2) is 48.8 Å². The van der Waals surface area contributed by atoms with Crippen molar-refractivity contribution in [1.82, 2.24) is 15.0 Å². The van der Waals surface area contributed by atoms with Crippen LogP contribution in [0.5, 0.6) is 0 Å². The van der Waals surface area contributed by atoms with Gasteiger partial charge in [0, 0.05) is 41.2 Å². The van der Waals surface area contributed by atoms with Crippen molar-refractivity contribution < 1.29 is 5.11 Å². The number of benzene rings is 1. The summed E-state index contributed by atoms with van der Waals surface area (Å²) < 4.78 is 0. The Morgan fingerprint density at radius 1 is 1.21 bits per heavy atom. The van der Waals surface area contributed by atoms with Gasteiger partial charge in [0.2, 0.25) is 5.95 Å². The van der Waals surface area contributed by atoms with E-state index in [4.69, 9.17) is 4.98 Å².